The Bertz CT molecular complexity index is 1220. The molecule has 8 heteroatoms. The molecule has 174 valence electrons. The lowest BCUT2D eigenvalue weighted by Gasteiger charge is -2.36. The second kappa shape index (κ2) is 9.51. The molecule has 3 N–H and O–H groups in total. The van der Waals surface area contributed by atoms with E-state index in [0.717, 1.165) is 48.5 Å². The molecule has 2 aliphatic rings. The lowest BCUT2D eigenvalue weighted by Crippen LogP contribution is -2.39. The maximum atomic E-state index is 13.2. The zero-order chi connectivity index (χ0) is 23.5. The molecule has 3 heterocycles. The Balaban J connectivity index is 1.19. The normalized spacial score (nSPS) is 16.6. The van der Waals surface area contributed by atoms with Crippen LogP contribution < -0.4 is 5.32 Å². The Morgan fingerprint density at radius 1 is 1.00 bits per heavy atom. The van der Waals surface area contributed by atoms with Gasteiger partial charge in [-0.25, -0.2) is 4.39 Å². The minimum absolute atomic E-state index is 0.0652. The molecule has 0 saturated carbocycles. The molecule has 0 aliphatic carbocycles. The summed E-state index contributed by atoms with van der Waals surface area (Å²) in [5, 5.41) is 20.9. The van der Waals surface area contributed by atoms with Gasteiger partial charge in [-0.2, -0.15) is 0 Å². The molecule has 0 atom stereocenters. The van der Waals surface area contributed by atoms with E-state index in [1.807, 2.05) is 12.1 Å². The van der Waals surface area contributed by atoms with Gasteiger partial charge in [-0.05, 0) is 66.3 Å². The van der Waals surface area contributed by atoms with Gasteiger partial charge in [0.05, 0.1) is 6.42 Å². The number of hydrogen-bond acceptors (Lipinski definition) is 5. The van der Waals surface area contributed by atoms with Crippen LogP contribution in [0.1, 0.15) is 35.7 Å². The maximum Gasteiger partial charge on any atom is 0.307 e. The third-order valence-corrected chi connectivity index (χ3v) is 6.45. The van der Waals surface area contributed by atoms with Crippen molar-refractivity contribution >= 4 is 11.5 Å². The molecule has 0 bridgehead atoms. The van der Waals surface area contributed by atoms with Gasteiger partial charge in [0.2, 0.25) is 0 Å². The number of carboxylic acids is 1. The lowest BCUT2D eigenvalue weighted by molar-refractivity contribution is -0.136. The van der Waals surface area contributed by atoms with Crippen LogP contribution in [0.5, 0.6) is 0 Å². The van der Waals surface area contributed by atoms with Crippen LogP contribution in [-0.4, -0.2) is 50.8 Å². The van der Waals surface area contributed by atoms with E-state index >= 15 is 0 Å². The maximum absolute atomic E-state index is 13.2. The smallest absolute Gasteiger partial charge is 0.307 e. The number of carbonyl (C=O) groups is 1. The fourth-order valence-corrected chi connectivity index (χ4v) is 4.54. The summed E-state index contributed by atoms with van der Waals surface area (Å²) in [5.74, 6) is 1.83. The molecule has 34 heavy (non-hydrogen) atoms. The van der Waals surface area contributed by atoms with Crippen molar-refractivity contribution in [3.05, 3.63) is 89.3 Å². The van der Waals surface area contributed by atoms with E-state index in [4.69, 9.17) is 5.11 Å². The highest BCUT2D eigenvalue weighted by Crippen LogP contribution is 2.30. The molecule has 1 saturated heterocycles. The number of H-pyrrole nitrogens is 1. The molecular weight excluding hydrogens is 433 g/mol. The summed E-state index contributed by atoms with van der Waals surface area (Å²) < 4.78 is 13.2. The van der Waals surface area contributed by atoms with Crippen LogP contribution in [0.2, 0.25) is 0 Å². The van der Waals surface area contributed by atoms with Crippen LogP contribution in [-0.2, 0) is 11.2 Å². The van der Waals surface area contributed by atoms with Crippen LogP contribution in [0.4, 0.5) is 4.39 Å². The summed E-state index contributed by atoms with van der Waals surface area (Å²) in [7, 11) is 0. The number of rotatable bonds is 6. The monoisotopic (exact) mass is 459 g/mol. The number of likely N-dealkylation sites (tertiary alicyclic amines) is 1. The van der Waals surface area contributed by atoms with Crippen molar-refractivity contribution in [2.24, 2.45) is 0 Å². The standard InChI is InChI=1S/C26H26FN5O2/c27-22-8-5-20(6-9-22)25-29-26(31-30-25)21-7-10-23(28-16-21)32-13-11-19(12-14-32)18-3-1-17(2-4-18)15-24(33)34/h1-10,19,28H,11-16H2,(H,33,34)(H,29,30,31). The third kappa shape index (κ3) is 4.85. The van der Waals surface area contributed by atoms with Crippen molar-refractivity contribution in [1.29, 1.82) is 0 Å². The number of piperidine rings is 1. The lowest BCUT2D eigenvalue weighted by atomic mass is 9.88. The van der Waals surface area contributed by atoms with Crippen molar-refractivity contribution in [2.45, 2.75) is 25.2 Å². The minimum atomic E-state index is -0.803. The first-order chi connectivity index (χ1) is 16.5. The van der Waals surface area contributed by atoms with Crippen LogP contribution in [0, 0.1) is 5.82 Å². The number of halogens is 1. The molecule has 1 aromatic heterocycles. The minimum Gasteiger partial charge on any atom is -0.481 e. The molecule has 0 amide bonds. The van der Waals surface area contributed by atoms with Crippen LogP contribution in [0.25, 0.3) is 17.0 Å². The van der Waals surface area contributed by atoms with Crippen LogP contribution in [0.15, 0.2) is 66.5 Å². The number of aliphatic carboxylic acids is 1. The van der Waals surface area contributed by atoms with Crippen LogP contribution >= 0.6 is 0 Å². The molecule has 1 fully saturated rings. The summed E-state index contributed by atoms with van der Waals surface area (Å²) in [6.07, 6.45) is 6.32. The Labute approximate surface area is 197 Å². The number of aromatic amines is 1. The Kier molecular flexibility index (Phi) is 6.12. The molecule has 0 spiro atoms. The molecular formula is C26H26FN5O2. The van der Waals surface area contributed by atoms with Gasteiger partial charge in [0, 0.05) is 30.8 Å². The van der Waals surface area contributed by atoms with Gasteiger partial charge in [-0.3, -0.25) is 4.79 Å². The number of nitrogens with one attached hydrogen (secondary N) is 2. The summed E-state index contributed by atoms with van der Waals surface area (Å²) in [5.41, 5.74) is 3.93. The zero-order valence-electron chi connectivity index (χ0n) is 18.7. The average Bonchev–Trinajstić information content (AvgIpc) is 3.35. The molecule has 3 aromatic rings. The average molecular weight is 460 g/mol. The summed E-state index contributed by atoms with van der Waals surface area (Å²) in [6, 6.07) is 14.2. The van der Waals surface area contributed by atoms with Gasteiger partial charge in [0.1, 0.15) is 11.6 Å². The van der Waals surface area contributed by atoms with E-state index in [2.05, 4.69) is 49.7 Å². The van der Waals surface area contributed by atoms with Crippen molar-refractivity contribution in [1.82, 2.24) is 25.4 Å². The quantitative estimate of drug-likeness (QED) is 0.517. The van der Waals surface area contributed by atoms with Gasteiger partial charge in [0.15, 0.2) is 11.6 Å². The molecule has 7 nitrogen and oxygen atoms in total. The van der Waals surface area contributed by atoms with E-state index < -0.39 is 5.97 Å². The summed E-state index contributed by atoms with van der Waals surface area (Å²) in [6.45, 7) is 2.57. The zero-order valence-corrected chi connectivity index (χ0v) is 18.7. The number of nitrogens with zero attached hydrogens (tertiary/aromatic N) is 3. The van der Waals surface area contributed by atoms with E-state index in [1.165, 1.54) is 17.7 Å². The Morgan fingerprint density at radius 2 is 1.71 bits per heavy atom. The van der Waals surface area contributed by atoms with Crippen molar-refractivity contribution in [3.63, 3.8) is 0 Å². The molecule has 2 aliphatic heterocycles. The van der Waals surface area contributed by atoms with Crippen molar-refractivity contribution < 1.29 is 14.3 Å². The van der Waals surface area contributed by atoms with Gasteiger partial charge < -0.3 is 20.3 Å². The number of aromatic nitrogens is 3. The molecule has 5 rings (SSSR count). The highest BCUT2D eigenvalue weighted by molar-refractivity contribution is 5.70. The van der Waals surface area contributed by atoms with Gasteiger partial charge in [-0.15, -0.1) is 10.2 Å². The topological polar surface area (TPSA) is 94.1 Å². The van der Waals surface area contributed by atoms with E-state index in [1.54, 1.807) is 12.1 Å². The second-order valence-corrected chi connectivity index (χ2v) is 8.70. The highest BCUT2D eigenvalue weighted by atomic mass is 19.1. The van der Waals surface area contributed by atoms with Gasteiger partial charge >= 0.3 is 5.97 Å². The van der Waals surface area contributed by atoms with Gasteiger partial charge in [0.25, 0.3) is 0 Å². The third-order valence-electron chi connectivity index (χ3n) is 6.45. The fraction of sp³-hybridized carbons (Fsp3) is 0.269. The first-order valence-electron chi connectivity index (χ1n) is 11.4. The number of benzene rings is 2. The van der Waals surface area contributed by atoms with E-state index in [9.17, 15) is 9.18 Å². The first kappa shape index (κ1) is 21.9. The number of dihydropyridines is 1. The summed E-state index contributed by atoms with van der Waals surface area (Å²) >= 11 is 0. The van der Waals surface area contributed by atoms with E-state index in [0.29, 0.717) is 24.1 Å². The largest absolute Gasteiger partial charge is 0.481 e. The molecule has 2 aromatic carbocycles. The Hall–Kier alpha value is -3.94. The van der Waals surface area contributed by atoms with Crippen molar-refractivity contribution in [2.75, 3.05) is 19.6 Å². The number of carboxylic acid groups (broad SMARTS) is 1. The highest BCUT2D eigenvalue weighted by Gasteiger charge is 2.23. The number of allylic oxidation sites excluding steroid dienone is 2. The first-order valence-corrected chi connectivity index (χ1v) is 11.4. The Morgan fingerprint density at radius 3 is 2.35 bits per heavy atom. The van der Waals surface area contributed by atoms with Gasteiger partial charge in [-0.1, -0.05) is 24.3 Å². The second-order valence-electron chi connectivity index (χ2n) is 8.70. The predicted octanol–water partition coefficient (Wildman–Crippen LogP) is 3.95. The fourth-order valence-electron chi connectivity index (χ4n) is 4.54. The number of hydrogen-bond donors (Lipinski definition) is 3. The van der Waals surface area contributed by atoms with Crippen LogP contribution in [0.3, 0.4) is 0 Å². The predicted molar refractivity (Wildman–Crippen MR) is 127 cm³/mol. The van der Waals surface area contributed by atoms with E-state index in [-0.39, 0.29) is 12.2 Å². The molecule has 0 radical (unpaired) electrons. The SMILES string of the molecule is O=C(O)Cc1ccc(C2CCN(C3=CC=C(c4nnc(-c5ccc(F)cc5)[nH]4)CN3)CC2)cc1. The summed E-state index contributed by atoms with van der Waals surface area (Å²) in [4.78, 5) is 16.5. The molecule has 0 unspecified atom stereocenters. The van der Waals surface area contributed by atoms with Crippen molar-refractivity contribution in [3.8, 4) is 11.4 Å².